The highest BCUT2D eigenvalue weighted by Gasteiger charge is 2.12. The summed E-state index contributed by atoms with van der Waals surface area (Å²) < 4.78 is 0. The van der Waals surface area contributed by atoms with Crippen LogP contribution in [0.15, 0.2) is 42.5 Å². The monoisotopic (exact) mass is 263 g/mol. The molecule has 0 saturated carbocycles. The summed E-state index contributed by atoms with van der Waals surface area (Å²) in [7, 11) is 2.18. The van der Waals surface area contributed by atoms with Crippen molar-refractivity contribution < 1.29 is 0 Å². The van der Waals surface area contributed by atoms with E-state index in [1.54, 1.807) is 0 Å². The van der Waals surface area contributed by atoms with Crippen LogP contribution in [-0.2, 0) is 6.42 Å². The summed E-state index contributed by atoms with van der Waals surface area (Å²) in [6.45, 7) is 3.29. The fourth-order valence-electron chi connectivity index (χ4n) is 2.78. The number of fused-ring (bicyclic) bond motifs is 1. The van der Waals surface area contributed by atoms with E-state index in [4.69, 9.17) is 0 Å². The molecule has 102 valence electrons. The Morgan fingerprint density at radius 3 is 2.45 bits per heavy atom. The highest BCUT2D eigenvalue weighted by Crippen LogP contribution is 2.27. The van der Waals surface area contributed by atoms with Crippen molar-refractivity contribution in [2.45, 2.75) is 19.8 Å². The van der Waals surface area contributed by atoms with Crippen molar-refractivity contribution in [3.05, 3.63) is 64.7 Å². The summed E-state index contributed by atoms with van der Waals surface area (Å²) in [5.41, 5.74) is 6.72. The number of aryl methyl sites for hydroxylation is 2. The lowest BCUT2D eigenvalue weighted by molar-refractivity contribution is 0.744. The van der Waals surface area contributed by atoms with E-state index in [2.05, 4.69) is 73.5 Å². The number of benzene rings is 2. The third kappa shape index (κ3) is 2.77. The van der Waals surface area contributed by atoms with Gasteiger partial charge in [-0.3, -0.25) is 0 Å². The third-order valence-corrected chi connectivity index (χ3v) is 4.00. The largest absolute Gasteiger partial charge is 0.374 e. The molecule has 0 saturated heterocycles. The lowest BCUT2D eigenvalue weighted by Crippen LogP contribution is -2.24. The van der Waals surface area contributed by atoms with Crippen LogP contribution in [0.5, 0.6) is 0 Å². The molecule has 2 aromatic carbocycles. The quantitative estimate of drug-likeness (QED) is 0.719. The second-order valence-corrected chi connectivity index (χ2v) is 5.66. The van der Waals surface area contributed by atoms with Gasteiger partial charge >= 0.3 is 0 Å². The molecule has 1 nitrogen and oxygen atoms in total. The second-order valence-electron chi connectivity index (χ2n) is 5.66. The first-order valence-corrected chi connectivity index (χ1v) is 7.31. The minimum Gasteiger partial charge on any atom is -0.374 e. The van der Waals surface area contributed by atoms with Gasteiger partial charge in [-0.25, -0.2) is 0 Å². The fraction of sp³-hybridized carbons (Fsp3) is 0.263. The Labute approximate surface area is 121 Å². The Bertz CT molecular complexity index is 623. The zero-order chi connectivity index (χ0) is 13.9. The maximum atomic E-state index is 2.35. The van der Waals surface area contributed by atoms with Gasteiger partial charge in [-0.05, 0) is 48.6 Å². The van der Waals surface area contributed by atoms with Gasteiger partial charge in [-0.1, -0.05) is 48.0 Å². The normalized spacial score (nSPS) is 14.6. The summed E-state index contributed by atoms with van der Waals surface area (Å²) in [6.07, 6.45) is 6.85. The van der Waals surface area contributed by atoms with Crippen LogP contribution in [0.25, 0.3) is 12.2 Å². The zero-order valence-corrected chi connectivity index (χ0v) is 12.3. The highest BCUT2D eigenvalue weighted by atomic mass is 15.1. The summed E-state index contributed by atoms with van der Waals surface area (Å²) in [6, 6.07) is 15.4. The smallest absolute Gasteiger partial charge is 0.0396 e. The Morgan fingerprint density at radius 1 is 0.950 bits per heavy atom. The standard InChI is InChI=1S/C19H21N/c1-15-5-7-16(8-6-15)9-10-17-11-12-19-18(14-17)4-3-13-20(19)2/h5-12,14H,3-4,13H2,1-2H3. The van der Waals surface area contributed by atoms with Crippen LogP contribution in [0.2, 0.25) is 0 Å². The molecule has 0 fully saturated rings. The van der Waals surface area contributed by atoms with Crippen LogP contribution < -0.4 is 4.90 Å². The van der Waals surface area contributed by atoms with Crippen molar-refractivity contribution >= 4 is 17.8 Å². The average Bonchev–Trinajstić information content (AvgIpc) is 2.47. The molecule has 3 rings (SSSR count). The van der Waals surface area contributed by atoms with Crippen LogP contribution in [-0.4, -0.2) is 13.6 Å². The Hall–Kier alpha value is -2.02. The average molecular weight is 263 g/mol. The van der Waals surface area contributed by atoms with Gasteiger partial charge in [0, 0.05) is 19.3 Å². The molecule has 1 aliphatic rings. The minimum atomic E-state index is 1.17. The van der Waals surface area contributed by atoms with E-state index in [1.807, 2.05) is 0 Å². The highest BCUT2D eigenvalue weighted by molar-refractivity contribution is 5.72. The number of hydrogen-bond donors (Lipinski definition) is 0. The molecule has 0 aromatic heterocycles. The van der Waals surface area contributed by atoms with Crippen molar-refractivity contribution in [1.29, 1.82) is 0 Å². The van der Waals surface area contributed by atoms with Gasteiger partial charge in [0.25, 0.3) is 0 Å². The number of rotatable bonds is 2. The summed E-state index contributed by atoms with van der Waals surface area (Å²) >= 11 is 0. The van der Waals surface area contributed by atoms with Crippen molar-refractivity contribution in [1.82, 2.24) is 0 Å². The summed E-state index contributed by atoms with van der Waals surface area (Å²) in [5.74, 6) is 0. The van der Waals surface area contributed by atoms with E-state index in [-0.39, 0.29) is 0 Å². The van der Waals surface area contributed by atoms with Crippen LogP contribution in [0.1, 0.15) is 28.7 Å². The second kappa shape index (κ2) is 5.54. The molecule has 20 heavy (non-hydrogen) atoms. The fourth-order valence-corrected chi connectivity index (χ4v) is 2.78. The Kier molecular flexibility index (Phi) is 3.60. The molecule has 0 unspecified atom stereocenters. The van der Waals surface area contributed by atoms with Gasteiger partial charge in [-0.15, -0.1) is 0 Å². The van der Waals surface area contributed by atoms with Gasteiger partial charge in [-0.2, -0.15) is 0 Å². The molecular weight excluding hydrogens is 242 g/mol. The lowest BCUT2D eigenvalue weighted by Gasteiger charge is -2.27. The first-order chi connectivity index (χ1) is 9.72. The summed E-state index contributed by atoms with van der Waals surface area (Å²) in [5, 5.41) is 0. The van der Waals surface area contributed by atoms with Gasteiger partial charge < -0.3 is 4.90 Å². The number of nitrogens with zero attached hydrogens (tertiary/aromatic N) is 1. The van der Waals surface area contributed by atoms with Crippen molar-refractivity contribution in [3.63, 3.8) is 0 Å². The zero-order valence-electron chi connectivity index (χ0n) is 12.3. The molecule has 2 aromatic rings. The van der Waals surface area contributed by atoms with Gasteiger partial charge in [0.15, 0.2) is 0 Å². The molecule has 1 heteroatoms. The molecule has 0 radical (unpaired) electrons. The number of hydrogen-bond acceptors (Lipinski definition) is 1. The molecule has 0 aliphatic carbocycles. The first-order valence-electron chi connectivity index (χ1n) is 7.31. The third-order valence-electron chi connectivity index (χ3n) is 4.00. The predicted octanol–water partition coefficient (Wildman–Crippen LogP) is 4.55. The first kappa shape index (κ1) is 13.0. The van der Waals surface area contributed by atoms with E-state index >= 15 is 0 Å². The topological polar surface area (TPSA) is 3.24 Å². The van der Waals surface area contributed by atoms with E-state index < -0.39 is 0 Å². The van der Waals surface area contributed by atoms with Crippen molar-refractivity contribution in [2.75, 3.05) is 18.5 Å². The van der Waals surface area contributed by atoms with E-state index in [9.17, 15) is 0 Å². The maximum Gasteiger partial charge on any atom is 0.0396 e. The van der Waals surface area contributed by atoms with Crippen molar-refractivity contribution in [3.8, 4) is 0 Å². The Balaban J connectivity index is 1.83. The van der Waals surface area contributed by atoms with Gasteiger partial charge in [0.05, 0.1) is 0 Å². The molecule has 1 aliphatic heterocycles. The van der Waals surface area contributed by atoms with Gasteiger partial charge in [0.2, 0.25) is 0 Å². The van der Waals surface area contributed by atoms with Crippen LogP contribution in [0.3, 0.4) is 0 Å². The summed E-state index contributed by atoms with van der Waals surface area (Å²) in [4.78, 5) is 2.35. The van der Waals surface area contributed by atoms with Crippen molar-refractivity contribution in [2.24, 2.45) is 0 Å². The van der Waals surface area contributed by atoms with Crippen LogP contribution in [0.4, 0.5) is 5.69 Å². The molecule has 0 bridgehead atoms. The van der Waals surface area contributed by atoms with E-state index in [0.29, 0.717) is 0 Å². The van der Waals surface area contributed by atoms with Gasteiger partial charge in [0.1, 0.15) is 0 Å². The van der Waals surface area contributed by atoms with Crippen LogP contribution in [0, 0.1) is 6.92 Å². The van der Waals surface area contributed by atoms with E-state index in [0.717, 1.165) is 0 Å². The molecule has 0 N–H and O–H groups in total. The molecule has 1 heterocycles. The lowest BCUT2D eigenvalue weighted by atomic mass is 9.99. The number of anilines is 1. The molecule has 0 amide bonds. The molecule has 0 spiro atoms. The van der Waals surface area contributed by atoms with E-state index in [1.165, 1.54) is 47.3 Å². The SMILES string of the molecule is Cc1ccc(C=Cc2ccc3c(c2)CCCN3C)cc1. The van der Waals surface area contributed by atoms with Crippen LogP contribution >= 0.6 is 0 Å². The Morgan fingerprint density at radius 2 is 1.65 bits per heavy atom. The minimum absolute atomic E-state index is 1.17. The maximum absolute atomic E-state index is 2.35. The molecule has 0 atom stereocenters. The molecular formula is C19H21N. The predicted molar refractivity (Wildman–Crippen MR) is 88.1 cm³/mol.